The zero-order valence-corrected chi connectivity index (χ0v) is 19.5. The van der Waals surface area contributed by atoms with Crippen molar-refractivity contribution in [1.82, 2.24) is 5.32 Å². The van der Waals surface area contributed by atoms with Crippen molar-refractivity contribution >= 4 is 23.7 Å². The van der Waals surface area contributed by atoms with Crippen molar-refractivity contribution in [2.75, 3.05) is 27.9 Å². The molecule has 0 aromatic heterocycles. The van der Waals surface area contributed by atoms with Crippen LogP contribution in [0.15, 0.2) is 36.1 Å². The maximum Gasteiger partial charge on any atom is 0.328 e. The number of aliphatic hydroxyl groups is 1. The number of hydrogen-bond donors (Lipinski definition) is 3. The summed E-state index contributed by atoms with van der Waals surface area (Å²) in [5.74, 6) is -0.793. The fraction of sp³-hybridized carbons (Fsp3) is 0.292. The molecule has 0 bridgehead atoms. The summed E-state index contributed by atoms with van der Waals surface area (Å²) in [4.78, 5) is 35.9. The minimum atomic E-state index is -1.46. The first-order valence-corrected chi connectivity index (χ1v) is 10.4. The summed E-state index contributed by atoms with van der Waals surface area (Å²) in [6.07, 6.45) is 0.226. The highest BCUT2D eigenvalue weighted by Gasteiger charge is 2.29. The molecule has 11 heteroatoms. The third-order valence-electron chi connectivity index (χ3n) is 5.10. The molecule has 2 aromatic rings. The molecule has 1 heterocycles. The van der Waals surface area contributed by atoms with Crippen molar-refractivity contribution in [1.29, 1.82) is 0 Å². The van der Waals surface area contributed by atoms with Gasteiger partial charge in [-0.05, 0) is 37.3 Å². The Morgan fingerprint density at radius 1 is 1.09 bits per heavy atom. The summed E-state index contributed by atoms with van der Waals surface area (Å²) < 4.78 is 27.2. The second kappa shape index (κ2) is 10.8. The number of carboxylic acids is 1. The van der Waals surface area contributed by atoms with Gasteiger partial charge < -0.3 is 39.2 Å². The Bertz CT molecular complexity index is 1170. The number of ketones is 1. The van der Waals surface area contributed by atoms with Crippen LogP contribution in [0.3, 0.4) is 0 Å². The average Bonchev–Trinajstić information content (AvgIpc) is 3.14. The lowest BCUT2D eigenvalue weighted by Gasteiger charge is -2.17. The topological polar surface area (TPSA) is 150 Å². The number of fused-ring (bicyclic) bond motifs is 1. The smallest absolute Gasteiger partial charge is 0.328 e. The van der Waals surface area contributed by atoms with Crippen LogP contribution in [0, 0.1) is 0 Å². The largest absolute Gasteiger partial charge is 0.493 e. The summed E-state index contributed by atoms with van der Waals surface area (Å²) in [6.45, 7) is 0.742. The maximum atomic E-state index is 12.8. The lowest BCUT2D eigenvalue weighted by molar-refractivity contribution is -0.145. The highest BCUT2D eigenvalue weighted by Crippen LogP contribution is 2.42. The van der Waals surface area contributed by atoms with E-state index in [-0.39, 0.29) is 23.0 Å². The highest BCUT2D eigenvalue weighted by atomic mass is 16.5. The Labute approximate surface area is 200 Å². The molecule has 0 fully saturated rings. The molecule has 0 spiro atoms. The fourth-order valence-electron chi connectivity index (χ4n) is 3.39. The van der Waals surface area contributed by atoms with Crippen LogP contribution in [0.5, 0.6) is 28.7 Å². The lowest BCUT2D eigenvalue weighted by atomic mass is 10.1. The number of ether oxygens (including phenoxy) is 5. The van der Waals surface area contributed by atoms with E-state index in [4.69, 9.17) is 28.8 Å². The van der Waals surface area contributed by atoms with Gasteiger partial charge in [-0.2, -0.15) is 0 Å². The number of nitrogens with one attached hydrogen (secondary N) is 1. The number of methoxy groups -OCH3 is 3. The molecule has 0 unspecified atom stereocenters. The lowest BCUT2D eigenvalue weighted by Crippen LogP contribution is -2.49. The number of carboxylic acid groups (broad SMARTS) is 1. The van der Waals surface area contributed by atoms with E-state index in [1.165, 1.54) is 52.5 Å². The van der Waals surface area contributed by atoms with Gasteiger partial charge in [0, 0.05) is 11.6 Å². The second-order valence-electron chi connectivity index (χ2n) is 7.43. The Hall–Kier alpha value is -4.25. The molecule has 3 N–H and O–H groups in total. The van der Waals surface area contributed by atoms with E-state index in [2.05, 4.69) is 5.32 Å². The number of Topliss-reactive ketones (excluding diaryl/α,β-unsaturated/α-hetero) is 1. The van der Waals surface area contributed by atoms with Gasteiger partial charge in [0.15, 0.2) is 29.9 Å². The number of hydrogen-bond acceptors (Lipinski definition) is 9. The quantitative estimate of drug-likeness (QED) is 0.422. The number of amides is 1. The van der Waals surface area contributed by atoms with E-state index < -0.39 is 30.6 Å². The van der Waals surface area contributed by atoms with Crippen molar-refractivity contribution in [3.8, 4) is 28.7 Å². The van der Waals surface area contributed by atoms with Gasteiger partial charge in [-0.25, -0.2) is 4.79 Å². The molecule has 0 saturated carbocycles. The van der Waals surface area contributed by atoms with E-state index in [0.717, 1.165) is 0 Å². The molecule has 1 aliphatic rings. The molecule has 0 aliphatic carbocycles. The molecule has 0 radical (unpaired) electrons. The summed E-state index contributed by atoms with van der Waals surface area (Å²) in [5.41, 5.74) is 0.827. The van der Waals surface area contributed by atoms with Gasteiger partial charge in [0.25, 0.3) is 5.91 Å². The first kappa shape index (κ1) is 25.4. The standard InChI is InChI=1S/C24H25NO10/c1-12(26)20(24(29)30)25-19(27)11-34-14-6-7-15-17(10-14)35-18(21(15)28)9-13-5-8-16(31-2)23(33-4)22(13)32-3/h5-10,12,20,26H,11H2,1-4H3,(H,25,27)(H,29,30)/b18-9-/t12-,20+/m1/s1. The van der Waals surface area contributed by atoms with Crippen LogP contribution in [-0.2, 0) is 9.59 Å². The average molecular weight is 487 g/mol. The van der Waals surface area contributed by atoms with E-state index in [9.17, 15) is 19.5 Å². The van der Waals surface area contributed by atoms with Crippen molar-refractivity contribution in [2.24, 2.45) is 0 Å². The molecule has 186 valence electrons. The van der Waals surface area contributed by atoms with Crippen molar-refractivity contribution in [3.05, 3.63) is 47.2 Å². The van der Waals surface area contributed by atoms with Crippen molar-refractivity contribution < 1.29 is 48.3 Å². The minimum absolute atomic E-state index is 0.0432. The molecule has 0 saturated heterocycles. The second-order valence-corrected chi connectivity index (χ2v) is 7.43. The number of aliphatic hydroxyl groups excluding tert-OH is 1. The fourth-order valence-corrected chi connectivity index (χ4v) is 3.39. The molecule has 1 amide bonds. The zero-order chi connectivity index (χ0) is 25.7. The van der Waals surface area contributed by atoms with Crippen LogP contribution in [0.4, 0.5) is 0 Å². The molecule has 2 atom stereocenters. The van der Waals surface area contributed by atoms with Crippen LogP contribution < -0.4 is 29.0 Å². The monoisotopic (exact) mass is 487 g/mol. The molecular formula is C24H25NO10. The predicted octanol–water partition coefficient (Wildman–Crippen LogP) is 1.66. The summed E-state index contributed by atoms with van der Waals surface area (Å²) in [6, 6.07) is 6.32. The normalized spacial score (nSPS) is 15.0. The van der Waals surface area contributed by atoms with Gasteiger partial charge in [0.05, 0.1) is 33.0 Å². The van der Waals surface area contributed by atoms with Gasteiger partial charge in [0.2, 0.25) is 11.5 Å². The summed E-state index contributed by atoms with van der Waals surface area (Å²) in [7, 11) is 4.43. The Morgan fingerprint density at radius 2 is 1.80 bits per heavy atom. The first-order valence-electron chi connectivity index (χ1n) is 10.4. The Balaban J connectivity index is 1.76. The number of carbonyl (C=O) groups excluding carboxylic acids is 2. The Kier molecular flexibility index (Phi) is 7.82. The van der Waals surface area contributed by atoms with Crippen LogP contribution >= 0.6 is 0 Å². The predicted molar refractivity (Wildman–Crippen MR) is 122 cm³/mol. The van der Waals surface area contributed by atoms with Crippen LogP contribution in [-0.4, -0.2) is 68.0 Å². The van der Waals surface area contributed by atoms with E-state index in [1.807, 2.05) is 0 Å². The van der Waals surface area contributed by atoms with Crippen molar-refractivity contribution in [2.45, 2.75) is 19.1 Å². The SMILES string of the molecule is COc1ccc(/C=C2\Oc3cc(OCC(=O)N[C@H](C(=O)O)[C@@H](C)O)ccc3C2=O)c(OC)c1OC. The van der Waals surface area contributed by atoms with Gasteiger partial charge in [0.1, 0.15) is 11.5 Å². The number of aliphatic carboxylic acids is 1. The van der Waals surface area contributed by atoms with E-state index >= 15 is 0 Å². The van der Waals surface area contributed by atoms with Gasteiger partial charge >= 0.3 is 5.97 Å². The van der Waals surface area contributed by atoms with Gasteiger partial charge in [-0.15, -0.1) is 0 Å². The zero-order valence-electron chi connectivity index (χ0n) is 19.5. The third kappa shape index (κ3) is 5.46. The molecule has 3 rings (SSSR count). The molecule has 2 aromatic carbocycles. The Morgan fingerprint density at radius 3 is 2.40 bits per heavy atom. The third-order valence-corrected chi connectivity index (χ3v) is 5.10. The number of rotatable bonds is 10. The molecular weight excluding hydrogens is 462 g/mol. The minimum Gasteiger partial charge on any atom is -0.493 e. The van der Waals surface area contributed by atoms with E-state index in [0.29, 0.717) is 28.4 Å². The highest BCUT2D eigenvalue weighted by molar-refractivity contribution is 6.14. The summed E-state index contributed by atoms with van der Waals surface area (Å²) in [5, 5.41) is 20.7. The van der Waals surface area contributed by atoms with Crippen LogP contribution in [0.2, 0.25) is 0 Å². The van der Waals surface area contributed by atoms with Crippen LogP contribution in [0.1, 0.15) is 22.8 Å². The van der Waals surface area contributed by atoms with Crippen molar-refractivity contribution in [3.63, 3.8) is 0 Å². The van der Waals surface area contributed by atoms with E-state index in [1.54, 1.807) is 12.1 Å². The van der Waals surface area contributed by atoms with Gasteiger partial charge in [-0.1, -0.05) is 0 Å². The first-order chi connectivity index (χ1) is 16.7. The molecule has 35 heavy (non-hydrogen) atoms. The molecule has 11 nitrogen and oxygen atoms in total. The maximum absolute atomic E-state index is 12.8. The summed E-state index contributed by atoms with van der Waals surface area (Å²) >= 11 is 0. The van der Waals surface area contributed by atoms with Crippen LogP contribution in [0.25, 0.3) is 6.08 Å². The van der Waals surface area contributed by atoms with Gasteiger partial charge in [-0.3, -0.25) is 9.59 Å². The number of carbonyl (C=O) groups is 3. The molecule has 1 aliphatic heterocycles. The number of allylic oxidation sites excluding steroid dienone is 1. The number of benzene rings is 2.